The van der Waals surface area contributed by atoms with Gasteiger partial charge in [-0.1, -0.05) is 53.6 Å². The molecule has 9 heteroatoms. The maximum Gasteiger partial charge on any atom is 0.407 e. The highest BCUT2D eigenvalue weighted by atomic mass is 16.7. The first kappa shape index (κ1) is 19.6. The average molecular weight is 410 g/mol. The first-order valence-electron chi connectivity index (χ1n) is 9.30. The zero-order chi connectivity index (χ0) is 21.3. The van der Waals surface area contributed by atoms with Crippen LogP contribution >= 0.6 is 0 Å². The van der Waals surface area contributed by atoms with Gasteiger partial charge in [0.1, 0.15) is 19.3 Å². The van der Waals surface area contributed by atoms with Gasteiger partial charge < -0.3 is 20.0 Å². The van der Waals surface area contributed by atoms with Crippen LogP contribution in [0, 0.1) is 0 Å². The van der Waals surface area contributed by atoms with Crippen LogP contribution in [0.25, 0.3) is 11.1 Å². The standard InChI is InChI=1S/C21H18N2O7/c24-17-9-18(25)23(20(17)27)30-19(26)10-22-21(28)29-11-16-14-7-3-1-5-12(14)13-6-2-4-8-15(13)16/h1-8,16-17,24H,9-11H2,(H,22,28). The smallest absolute Gasteiger partial charge is 0.407 e. The molecular formula is C21H18N2O7. The monoisotopic (exact) mass is 410 g/mol. The fourth-order valence-electron chi connectivity index (χ4n) is 3.62. The van der Waals surface area contributed by atoms with E-state index in [9.17, 15) is 24.3 Å². The molecule has 1 fully saturated rings. The number of nitrogens with zero attached hydrogens (tertiary/aromatic N) is 1. The summed E-state index contributed by atoms with van der Waals surface area (Å²) in [5, 5.41) is 11.7. The summed E-state index contributed by atoms with van der Waals surface area (Å²) in [7, 11) is 0. The van der Waals surface area contributed by atoms with Gasteiger partial charge in [-0.15, -0.1) is 0 Å². The first-order valence-corrected chi connectivity index (χ1v) is 9.30. The number of hydrogen-bond acceptors (Lipinski definition) is 7. The molecule has 1 unspecified atom stereocenters. The number of hydrogen-bond donors (Lipinski definition) is 2. The van der Waals surface area contributed by atoms with Crippen molar-refractivity contribution in [2.45, 2.75) is 18.4 Å². The Hall–Kier alpha value is -3.72. The maximum atomic E-state index is 12.0. The number of imide groups is 1. The second kappa shape index (κ2) is 7.96. The second-order valence-electron chi connectivity index (χ2n) is 6.89. The number of alkyl carbamates (subject to hydrolysis) is 1. The lowest BCUT2D eigenvalue weighted by Crippen LogP contribution is -2.39. The normalized spacial score (nSPS) is 17.5. The molecular weight excluding hydrogens is 392 g/mol. The molecule has 2 aliphatic rings. The Morgan fingerprint density at radius 3 is 2.20 bits per heavy atom. The summed E-state index contributed by atoms with van der Waals surface area (Å²) < 4.78 is 5.27. The van der Waals surface area contributed by atoms with Crippen molar-refractivity contribution in [1.29, 1.82) is 0 Å². The van der Waals surface area contributed by atoms with Gasteiger partial charge in [0.15, 0.2) is 0 Å². The summed E-state index contributed by atoms with van der Waals surface area (Å²) in [5.74, 6) is -3.02. The van der Waals surface area contributed by atoms with E-state index in [1.165, 1.54) is 0 Å². The van der Waals surface area contributed by atoms with E-state index in [2.05, 4.69) is 10.2 Å². The Bertz CT molecular complexity index is 990. The highest BCUT2D eigenvalue weighted by molar-refractivity contribution is 6.04. The number of carbonyl (C=O) groups excluding carboxylic acids is 4. The number of nitrogens with one attached hydrogen (secondary N) is 1. The van der Waals surface area contributed by atoms with E-state index in [4.69, 9.17) is 4.74 Å². The van der Waals surface area contributed by atoms with Crippen molar-refractivity contribution < 1.29 is 33.9 Å². The largest absolute Gasteiger partial charge is 0.449 e. The summed E-state index contributed by atoms with van der Waals surface area (Å²) in [6.45, 7) is -0.534. The van der Waals surface area contributed by atoms with E-state index in [1.54, 1.807) is 0 Å². The van der Waals surface area contributed by atoms with Crippen LogP contribution in [0.1, 0.15) is 23.5 Å². The number of amides is 3. The molecule has 0 bridgehead atoms. The lowest BCUT2D eigenvalue weighted by molar-refractivity contribution is -0.198. The molecule has 1 atom stereocenters. The van der Waals surface area contributed by atoms with Crippen molar-refractivity contribution in [3.05, 3.63) is 59.7 Å². The summed E-state index contributed by atoms with van der Waals surface area (Å²) >= 11 is 0. The highest BCUT2D eigenvalue weighted by Gasteiger charge is 2.40. The van der Waals surface area contributed by atoms with Gasteiger partial charge in [-0.25, -0.2) is 9.59 Å². The van der Waals surface area contributed by atoms with Gasteiger partial charge >= 0.3 is 12.1 Å². The van der Waals surface area contributed by atoms with E-state index in [1.807, 2.05) is 48.5 Å². The summed E-state index contributed by atoms with van der Waals surface area (Å²) in [6, 6.07) is 15.7. The third kappa shape index (κ3) is 3.62. The second-order valence-corrected chi connectivity index (χ2v) is 6.89. The van der Waals surface area contributed by atoms with Gasteiger partial charge in [0.2, 0.25) is 0 Å². The molecule has 1 aliphatic carbocycles. The molecule has 2 N–H and O–H groups in total. The van der Waals surface area contributed by atoms with Gasteiger partial charge in [0, 0.05) is 5.92 Å². The number of rotatable bonds is 5. The predicted octanol–water partition coefficient (Wildman–Crippen LogP) is 1.10. The number of benzene rings is 2. The molecule has 4 rings (SSSR count). The van der Waals surface area contributed by atoms with Gasteiger partial charge in [-0.2, -0.15) is 0 Å². The topological polar surface area (TPSA) is 122 Å². The predicted molar refractivity (Wildman–Crippen MR) is 102 cm³/mol. The van der Waals surface area contributed by atoms with Crippen LogP contribution in [0.4, 0.5) is 4.79 Å². The number of hydroxylamine groups is 2. The maximum absolute atomic E-state index is 12.0. The van der Waals surface area contributed by atoms with E-state index in [0.717, 1.165) is 22.3 Å². The van der Waals surface area contributed by atoms with Crippen LogP contribution in [-0.2, 0) is 24.0 Å². The van der Waals surface area contributed by atoms with E-state index in [0.29, 0.717) is 0 Å². The van der Waals surface area contributed by atoms with Gasteiger partial charge in [-0.05, 0) is 22.3 Å². The average Bonchev–Trinajstić information content (AvgIpc) is 3.19. The number of aliphatic hydroxyl groups excluding tert-OH is 1. The summed E-state index contributed by atoms with van der Waals surface area (Å²) in [6.07, 6.45) is -2.82. The minimum atomic E-state index is -1.53. The quantitative estimate of drug-likeness (QED) is 0.708. The first-order chi connectivity index (χ1) is 14.5. The Balaban J connectivity index is 1.31. The molecule has 0 saturated carbocycles. The van der Waals surface area contributed by atoms with Crippen molar-refractivity contribution >= 4 is 23.9 Å². The van der Waals surface area contributed by atoms with Crippen LogP contribution in [0.5, 0.6) is 0 Å². The third-order valence-electron chi connectivity index (χ3n) is 4.99. The van der Waals surface area contributed by atoms with Crippen LogP contribution in [0.15, 0.2) is 48.5 Å². The lowest BCUT2D eigenvalue weighted by atomic mass is 9.98. The molecule has 154 valence electrons. The van der Waals surface area contributed by atoms with Crippen molar-refractivity contribution in [2.75, 3.05) is 13.2 Å². The third-order valence-corrected chi connectivity index (χ3v) is 4.99. The summed E-state index contributed by atoms with van der Waals surface area (Å²) in [4.78, 5) is 51.4. The molecule has 0 aromatic heterocycles. The van der Waals surface area contributed by atoms with E-state index >= 15 is 0 Å². The molecule has 9 nitrogen and oxygen atoms in total. The van der Waals surface area contributed by atoms with Gasteiger partial charge in [0.25, 0.3) is 11.8 Å². The number of ether oxygens (including phenoxy) is 1. The van der Waals surface area contributed by atoms with E-state index in [-0.39, 0.29) is 17.6 Å². The SMILES string of the molecule is O=C(CNC(=O)OCC1c2ccccc2-c2ccccc21)ON1C(=O)CC(O)C1=O. The molecule has 1 heterocycles. The number of carbonyl (C=O) groups is 4. The van der Waals surface area contributed by atoms with Gasteiger partial charge in [0.05, 0.1) is 6.42 Å². The van der Waals surface area contributed by atoms with Crippen molar-refractivity contribution in [3.63, 3.8) is 0 Å². The van der Waals surface area contributed by atoms with Crippen LogP contribution in [-0.4, -0.2) is 53.3 Å². The zero-order valence-electron chi connectivity index (χ0n) is 15.7. The van der Waals surface area contributed by atoms with Crippen LogP contribution in [0.2, 0.25) is 0 Å². The Morgan fingerprint density at radius 1 is 1.03 bits per heavy atom. The molecule has 2 aromatic rings. The molecule has 2 aromatic carbocycles. The lowest BCUT2D eigenvalue weighted by Gasteiger charge is -2.15. The molecule has 3 amide bonds. The van der Waals surface area contributed by atoms with Crippen molar-refractivity contribution in [2.24, 2.45) is 0 Å². The Kier molecular flexibility index (Phi) is 5.20. The Labute approximate surface area is 171 Å². The molecule has 1 aliphatic heterocycles. The minimum Gasteiger partial charge on any atom is -0.449 e. The van der Waals surface area contributed by atoms with E-state index < -0.39 is 42.9 Å². The number of aliphatic hydroxyl groups is 1. The minimum absolute atomic E-state index is 0.0736. The highest BCUT2D eigenvalue weighted by Crippen LogP contribution is 2.44. The van der Waals surface area contributed by atoms with Crippen molar-refractivity contribution in [3.8, 4) is 11.1 Å². The number of fused-ring (bicyclic) bond motifs is 3. The molecule has 30 heavy (non-hydrogen) atoms. The zero-order valence-corrected chi connectivity index (χ0v) is 15.7. The molecule has 0 radical (unpaired) electrons. The molecule has 1 saturated heterocycles. The Morgan fingerprint density at radius 2 is 1.63 bits per heavy atom. The molecule has 0 spiro atoms. The van der Waals surface area contributed by atoms with Gasteiger partial charge in [-0.3, -0.25) is 9.59 Å². The fraction of sp³-hybridized carbons (Fsp3) is 0.238. The van der Waals surface area contributed by atoms with Crippen LogP contribution in [0.3, 0.4) is 0 Å². The van der Waals surface area contributed by atoms with Crippen molar-refractivity contribution in [1.82, 2.24) is 10.4 Å². The van der Waals surface area contributed by atoms with Crippen LogP contribution < -0.4 is 5.32 Å². The summed E-state index contributed by atoms with van der Waals surface area (Å²) in [5.41, 5.74) is 4.28. The fourth-order valence-corrected chi connectivity index (χ4v) is 3.62.